The van der Waals surface area contributed by atoms with Gasteiger partial charge < -0.3 is 15.2 Å². The molecule has 1 fully saturated rings. The number of aromatic nitrogens is 1. The lowest BCUT2D eigenvalue weighted by atomic mass is 9.81. The highest BCUT2D eigenvalue weighted by molar-refractivity contribution is 5.79. The number of halogens is 3. The molecule has 1 aliphatic rings. The summed E-state index contributed by atoms with van der Waals surface area (Å²) in [6, 6.07) is 2.01. The summed E-state index contributed by atoms with van der Waals surface area (Å²) in [7, 11) is 3.62. The van der Waals surface area contributed by atoms with E-state index >= 15 is 0 Å². The maximum absolute atomic E-state index is 12.8. The minimum atomic E-state index is -4.06. The molecule has 2 atom stereocenters. The van der Waals surface area contributed by atoms with E-state index < -0.39 is 12.1 Å². The number of guanidine groups is 1. The average molecular weight is 330 g/mol. The van der Waals surface area contributed by atoms with Crippen molar-refractivity contribution in [1.29, 1.82) is 0 Å². The molecule has 0 amide bonds. The van der Waals surface area contributed by atoms with Crippen molar-refractivity contribution in [3.8, 4) is 0 Å². The van der Waals surface area contributed by atoms with Crippen LogP contribution in [0, 0.1) is 11.8 Å². The summed E-state index contributed by atoms with van der Waals surface area (Å²) < 4.78 is 40.5. The molecule has 0 saturated heterocycles. The Bertz CT molecular complexity index is 522. The third-order valence-corrected chi connectivity index (χ3v) is 4.38. The van der Waals surface area contributed by atoms with Crippen LogP contribution in [0.2, 0.25) is 0 Å². The second-order valence-electron chi connectivity index (χ2n) is 6.26. The van der Waals surface area contributed by atoms with Crippen LogP contribution in [-0.4, -0.2) is 30.3 Å². The van der Waals surface area contributed by atoms with Gasteiger partial charge in [-0.05, 0) is 36.8 Å². The molecule has 0 spiro atoms. The maximum atomic E-state index is 12.8. The van der Waals surface area contributed by atoms with Crippen molar-refractivity contribution < 1.29 is 13.2 Å². The summed E-state index contributed by atoms with van der Waals surface area (Å²) in [5.74, 6) is -0.476. The molecule has 4 nitrogen and oxygen atoms in total. The molecule has 0 radical (unpaired) electrons. The summed E-state index contributed by atoms with van der Waals surface area (Å²) in [6.45, 7) is 1.16. The smallest absolute Gasteiger partial charge is 0.357 e. The molecule has 130 valence electrons. The summed E-state index contributed by atoms with van der Waals surface area (Å²) in [5.41, 5.74) is 1.13. The molecule has 2 unspecified atom stereocenters. The molecular formula is C16H25F3N4. The molecular weight excluding hydrogens is 305 g/mol. The summed E-state index contributed by atoms with van der Waals surface area (Å²) in [5, 5.41) is 6.34. The fraction of sp³-hybridized carbons (Fsp3) is 0.688. The first-order valence-electron chi connectivity index (χ1n) is 8.00. The zero-order valence-electron chi connectivity index (χ0n) is 13.7. The first kappa shape index (κ1) is 17.7. The van der Waals surface area contributed by atoms with Crippen LogP contribution < -0.4 is 10.6 Å². The van der Waals surface area contributed by atoms with Gasteiger partial charge in [0.1, 0.15) is 0 Å². The van der Waals surface area contributed by atoms with Crippen molar-refractivity contribution in [3.63, 3.8) is 0 Å². The number of aryl methyl sites for hydroxylation is 1. The highest BCUT2D eigenvalue weighted by Gasteiger charge is 2.41. The lowest BCUT2D eigenvalue weighted by molar-refractivity contribution is -0.185. The van der Waals surface area contributed by atoms with Crippen LogP contribution in [0.4, 0.5) is 13.2 Å². The van der Waals surface area contributed by atoms with Crippen molar-refractivity contribution in [2.75, 3.05) is 13.6 Å². The second kappa shape index (κ2) is 7.75. The molecule has 0 aromatic carbocycles. The Morgan fingerprint density at radius 3 is 2.74 bits per heavy atom. The van der Waals surface area contributed by atoms with Crippen molar-refractivity contribution >= 4 is 5.96 Å². The van der Waals surface area contributed by atoms with Crippen LogP contribution in [0.3, 0.4) is 0 Å². The van der Waals surface area contributed by atoms with Crippen LogP contribution in [0.25, 0.3) is 0 Å². The molecule has 1 aromatic rings. The van der Waals surface area contributed by atoms with E-state index in [1.165, 1.54) is 0 Å². The summed E-state index contributed by atoms with van der Waals surface area (Å²) in [6.07, 6.45) is 1.88. The van der Waals surface area contributed by atoms with Crippen LogP contribution in [-0.2, 0) is 13.6 Å². The molecule has 1 aliphatic carbocycles. The Morgan fingerprint density at radius 1 is 1.35 bits per heavy atom. The number of hydrogen-bond donors (Lipinski definition) is 2. The Hall–Kier alpha value is -1.66. The minimum Gasteiger partial charge on any atom is -0.357 e. The quantitative estimate of drug-likeness (QED) is 0.658. The minimum absolute atomic E-state index is 0.0469. The van der Waals surface area contributed by atoms with Gasteiger partial charge >= 0.3 is 6.18 Å². The monoisotopic (exact) mass is 330 g/mol. The lowest BCUT2D eigenvalue weighted by Crippen LogP contribution is -2.41. The van der Waals surface area contributed by atoms with Crippen LogP contribution in [0.15, 0.2) is 23.5 Å². The number of aliphatic imine (C=N–C) groups is 1. The van der Waals surface area contributed by atoms with Gasteiger partial charge in [-0.25, -0.2) is 0 Å². The fourth-order valence-electron chi connectivity index (χ4n) is 3.09. The van der Waals surface area contributed by atoms with Crippen molar-refractivity contribution in [2.45, 2.75) is 38.4 Å². The zero-order valence-corrected chi connectivity index (χ0v) is 13.7. The SMILES string of the molecule is CN=C(NCc1ccn(C)c1)NCC1CCCC(C(F)(F)F)C1. The standard InChI is InChI=1S/C16H25F3N4/c1-20-15(22-10-13-6-7-23(2)11-13)21-9-12-4-3-5-14(8-12)16(17,18)19/h6-7,11-12,14H,3-5,8-10H2,1-2H3,(H2,20,21,22). The van der Waals surface area contributed by atoms with Crippen molar-refractivity contribution in [2.24, 2.45) is 23.9 Å². The van der Waals surface area contributed by atoms with E-state index in [2.05, 4.69) is 15.6 Å². The van der Waals surface area contributed by atoms with Crippen LogP contribution in [0.5, 0.6) is 0 Å². The first-order valence-corrected chi connectivity index (χ1v) is 8.00. The molecule has 2 rings (SSSR count). The summed E-state index contributed by atoms with van der Waals surface area (Å²) >= 11 is 0. The van der Waals surface area contributed by atoms with Gasteiger partial charge in [0.2, 0.25) is 0 Å². The zero-order chi connectivity index (χ0) is 16.9. The van der Waals surface area contributed by atoms with Crippen molar-refractivity contribution in [1.82, 2.24) is 15.2 Å². The molecule has 2 N–H and O–H groups in total. The molecule has 1 aromatic heterocycles. The van der Waals surface area contributed by atoms with E-state index in [-0.39, 0.29) is 18.8 Å². The Kier molecular flexibility index (Phi) is 5.96. The van der Waals surface area contributed by atoms with Gasteiger partial charge in [-0.3, -0.25) is 4.99 Å². The summed E-state index contributed by atoms with van der Waals surface area (Å²) in [4.78, 5) is 4.13. The third kappa shape index (κ3) is 5.48. The predicted molar refractivity (Wildman–Crippen MR) is 85.1 cm³/mol. The van der Waals surface area contributed by atoms with Gasteiger partial charge in [0.15, 0.2) is 5.96 Å². The number of nitrogens with zero attached hydrogens (tertiary/aromatic N) is 2. The number of nitrogens with one attached hydrogen (secondary N) is 2. The van der Waals surface area contributed by atoms with Crippen LogP contribution >= 0.6 is 0 Å². The van der Waals surface area contributed by atoms with Gasteiger partial charge in [-0.2, -0.15) is 13.2 Å². The number of hydrogen-bond acceptors (Lipinski definition) is 1. The molecule has 0 bridgehead atoms. The van der Waals surface area contributed by atoms with Crippen LogP contribution in [0.1, 0.15) is 31.2 Å². The normalized spacial score (nSPS) is 22.9. The molecule has 0 aliphatic heterocycles. The Balaban J connectivity index is 1.76. The van der Waals surface area contributed by atoms with Gasteiger partial charge in [0, 0.05) is 39.6 Å². The molecule has 1 heterocycles. The average Bonchev–Trinajstić information content (AvgIpc) is 2.92. The number of rotatable bonds is 4. The second-order valence-corrected chi connectivity index (χ2v) is 6.26. The van der Waals surface area contributed by atoms with Gasteiger partial charge in [0.05, 0.1) is 5.92 Å². The van der Waals surface area contributed by atoms with Gasteiger partial charge in [0.25, 0.3) is 0 Å². The van der Waals surface area contributed by atoms with Crippen molar-refractivity contribution in [3.05, 3.63) is 24.0 Å². The molecule has 23 heavy (non-hydrogen) atoms. The Labute approximate surface area is 135 Å². The highest BCUT2D eigenvalue weighted by atomic mass is 19.4. The Morgan fingerprint density at radius 2 is 2.13 bits per heavy atom. The predicted octanol–water partition coefficient (Wildman–Crippen LogP) is 3.06. The van der Waals surface area contributed by atoms with E-state index in [0.717, 1.165) is 12.0 Å². The topological polar surface area (TPSA) is 41.4 Å². The third-order valence-electron chi connectivity index (χ3n) is 4.38. The van der Waals surface area contributed by atoms with E-state index in [0.29, 0.717) is 25.5 Å². The van der Waals surface area contributed by atoms with E-state index in [1.54, 1.807) is 7.05 Å². The highest BCUT2D eigenvalue weighted by Crippen LogP contribution is 2.39. The molecule has 1 saturated carbocycles. The maximum Gasteiger partial charge on any atom is 0.391 e. The van der Waals surface area contributed by atoms with E-state index in [9.17, 15) is 13.2 Å². The fourth-order valence-corrected chi connectivity index (χ4v) is 3.09. The number of alkyl halides is 3. The first-order chi connectivity index (χ1) is 10.9. The lowest BCUT2D eigenvalue weighted by Gasteiger charge is -2.30. The largest absolute Gasteiger partial charge is 0.391 e. The molecule has 7 heteroatoms. The van der Waals surface area contributed by atoms with Gasteiger partial charge in [-0.15, -0.1) is 0 Å². The van der Waals surface area contributed by atoms with Gasteiger partial charge in [-0.1, -0.05) is 6.42 Å². The van der Waals surface area contributed by atoms with E-state index in [1.807, 2.05) is 30.1 Å². The van der Waals surface area contributed by atoms with E-state index in [4.69, 9.17) is 0 Å².